The van der Waals surface area contributed by atoms with Crippen LogP contribution in [0.15, 0.2) is 53.3 Å². The topological polar surface area (TPSA) is 53.2 Å². The number of benzene rings is 2. The van der Waals surface area contributed by atoms with Gasteiger partial charge >= 0.3 is 0 Å². The van der Waals surface area contributed by atoms with Crippen molar-refractivity contribution in [2.24, 2.45) is 0 Å². The molecule has 0 unspecified atom stereocenters. The Balaban J connectivity index is 1.90. The summed E-state index contributed by atoms with van der Waals surface area (Å²) in [4.78, 5) is 29.4. The molecule has 24 heavy (non-hydrogen) atoms. The molecule has 122 valence electrons. The van der Waals surface area contributed by atoms with Crippen molar-refractivity contribution < 1.29 is 4.79 Å². The second-order valence-corrected chi connectivity index (χ2v) is 6.19. The third-order valence-corrected chi connectivity index (χ3v) is 4.18. The first-order valence-corrected chi connectivity index (χ1v) is 7.89. The van der Waals surface area contributed by atoms with Crippen LogP contribution in [0.1, 0.15) is 27.0 Å². The Hall–Kier alpha value is -2.88. The number of carbonyl (C=O) groups excluding carboxylic acids is 1. The number of aryl methyl sites for hydroxylation is 2. The van der Waals surface area contributed by atoms with E-state index >= 15 is 0 Å². The van der Waals surface area contributed by atoms with Crippen LogP contribution in [0.4, 0.5) is 0 Å². The summed E-state index contributed by atoms with van der Waals surface area (Å²) in [5.74, 6) is -0.0950. The zero-order valence-electron chi connectivity index (χ0n) is 14.1. The minimum absolute atomic E-state index is 0.0950. The second-order valence-electron chi connectivity index (χ2n) is 6.19. The molecule has 1 aromatic heterocycles. The fraction of sp³-hybridized carbons (Fsp3) is 0.200. The van der Waals surface area contributed by atoms with Gasteiger partial charge in [0.2, 0.25) is 0 Å². The summed E-state index contributed by atoms with van der Waals surface area (Å²) in [6, 6.07) is 15.2. The number of carbonyl (C=O) groups is 1. The summed E-state index contributed by atoms with van der Waals surface area (Å²) in [6.45, 7) is 4.18. The predicted molar refractivity (Wildman–Crippen MR) is 96.3 cm³/mol. The SMILES string of the molecule is Cc1cccc(C(=O)N(C)Cc2cc3cccc(C)c3[nH]c2=O)c1. The number of pyridine rings is 1. The van der Waals surface area contributed by atoms with Crippen LogP contribution >= 0.6 is 0 Å². The molecule has 4 nitrogen and oxygen atoms in total. The van der Waals surface area contributed by atoms with Crippen molar-refractivity contribution in [3.8, 4) is 0 Å². The van der Waals surface area contributed by atoms with Gasteiger partial charge in [0.1, 0.15) is 0 Å². The molecular formula is C20H20N2O2. The maximum absolute atomic E-state index is 12.5. The molecule has 0 aliphatic rings. The Morgan fingerprint density at radius 3 is 2.58 bits per heavy atom. The van der Waals surface area contributed by atoms with Crippen LogP contribution in [-0.4, -0.2) is 22.8 Å². The average molecular weight is 320 g/mol. The molecule has 0 spiro atoms. The number of H-pyrrole nitrogens is 1. The number of para-hydroxylation sites is 1. The van der Waals surface area contributed by atoms with Crippen molar-refractivity contribution in [2.75, 3.05) is 7.05 Å². The lowest BCUT2D eigenvalue weighted by Gasteiger charge is -2.17. The van der Waals surface area contributed by atoms with Crippen LogP contribution in [0.25, 0.3) is 10.9 Å². The van der Waals surface area contributed by atoms with E-state index in [4.69, 9.17) is 0 Å². The van der Waals surface area contributed by atoms with Crippen LogP contribution in [0, 0.1) is 13.8 Å². The highest BCUT2D eigenvalue weighted by Gasteiger charge is 2.14. The minimum Gasteiger partial charge on any atom is -0.337 e. The summed E-state index contributed by atoms with van der Waals surface area (Å²) < 4.78 is 0. The van der Waals surface area contributed by atoms with Crippen LogP contribution in [0.2, 0.25) is 0 Å². The molecule has 0 fully saturated rings. The van der Waals surface area contributed by atoms with Gasteiger partial charge < -0.3 is 9.88 Å². The summed E-state index contributed by atoms with van der Waals surface area (Å²) >= 11 is 0. The van der Waals surface area contributed by atoms with E-state index in [1.807, 2.05) is 56.3 Å². The van der Waals surface area contributed by atoms with Crippen LogP contribution in [-0.2, 0) is 6.54 Å². The maximum atomic E-state index is 12.5. The number of rotatable bonds is 3. The predicted octanol–water partition coefficient (Wildman–Crippen LogP) is 3.42. The first kappa shape index (κ1) is 16.0. The Labute approximate surface area is 140 Å². The third kappa shape index (κ3) is 3.08. The van der Waals surface area contributed by atoms with E-state index < -0.39 is 0 Å². The first-order chi connectivity index (χ1) is 11.5. The molecule has 0 aliphatic heterocycles. The van der Waals surface area contributed by atoms with E-state index in [1.54, 1.807) is 18.0 Å². The van der Waals surface area contributed by atoms with Gasteiger partial charge in [0, 0.05) is 18.2 Å². The van der Waals surface area contributed by atoms with E-state index in [2.05, 4.69) is 4.98 Å². The van der Waals surface area contributed by atoms with E-state index in [-0.39, 0.29) is 18.0 Å². The van der Waals surface area contributed by atoms with Crippen molar-refractivity contribution in [1.29, 1.82) is 0 Å². The standard InChI is InChI=1S/C20H20N2O2/c1-13-6-4-9-16(10-13)20(24)22(3)12-17-11-15-8-5-7-14(2)18(15)21-19(17)23/h4-11H,12H2,1-3H3,(H,21,23). The van der Waals surface area contributed by atoms with E-state index in [0.29, 0.717) is 11.1 Å². The van der Waals surface area contributed by atoms with E-state index in [1.165, 1.54) is 0 Å². The van der Waals surface area contributed by atoms with Crippen molar-refractivity contribution in [1.82, 2.24) is 9.88 Å². The van der Waals surface area contributed by atoms with Crippen molar-refractivity contribution in [2.45, 2.75) is 20.4 Å². The molecular weight excluding hydrogens is 300 g/mol. The van der Waals surface area contributed by atoms with Crippen molar-refractivity contribution in [3.63, 3.8) is 0 Å². The van der Waals surface area contributed by atoms with Gasteiger partial charge in [-0.25, -0.2) is 0 Å². The Morgan fingerprint density at radius 2 is 1.83 bits per heavy atom. The number of hydrogen-bond acceptors (Lipinski definition) is 2. The fourth-order valence-corrected chi connectivity index (χ4v) is 2.87. The van der Waals surface area contributed by atoms with Gasteiger partial charge in [0.05, 0.1) is 12.1 Å². The van der Waals surface area contributed by atoms with Crippen molar-refractivity contribution in [3.05, 3.63) is 81.1 Å². The molecule has 0 saturated carbocycles. The molecule has 2 aromatic carbocycles. The molecule has 0 bridgehead atoms. The average Bonchev–Trinajstić information content (AvgIpc) is 2.56. The zero-order valence-corrected chi connectivity index (χ0v) is 14.1. The molecule has 3 rings (SSSR count). The van der Waals surface area contributed by atoms with Gasteiger partial charge in [0.15, 0.2) is 0 Å². The quantitative estimate of drug-likeness (QED) is 0.804. The molecule has 1 N–H and O–H groups in total. The number of aromatic amines is 1. The van der Waals surface area contributed by atoms with Gasteiger partial charge in [-0.05, 0) is 43.0 Å². The first-order valence-electron chi connectivity index (χ1n) is 7.89. The number of nitrogens with zero attached hydrogens (tertiary/aromatic N) is 1. The molecule has 3 aromatic rings. The van der Waals surface area contributed by atoms with Crippen LogP contribution in [0.5, 0.6) is 0 Å². The number of amides is 1. The molecule has 0 atom stereocenters. The number of nitrogens with one attached hydrogen (secondary N) is 1. The van der Waals surface area contributed by atoms with E-state index in [9.17, 15) is 9.59 Å². The van der Waals surface area contributed by atoms with Gasteiger partial charge in [-0.2, -0.15) is 0 Å². The molecule has 4 heteroatoms. The lowest BCUT2D eigenvalue weighted by Crippen LogP contribution is -2.29. The van der Waals surface area contributed by atoms with Gasteiger partial charge in [0.25, 0.3) is 11.5 Å². The Bertz CT molecular complexity index is 973. The maximum Gasteiger partial charge on any atom is 0.253 e. The van der Waals surface area contributed by atoms with Gasteiger partial charge in [-0.15, -0.1) is 0 Å². The summed E-state index contributed by atoms with van der Waals surface area (Å²) in [5, 5.41) is 0.973. The molecule has 0 radical (unpaired) electrons. The Morgan fingerprint density at radius 1 is 1.08 bits per heavy atom. The molecule has 0 aliphatic carbocycles. The summed E-state index contributed by atoms with van der Waals surface area (Å²) in [7, 11) is 1.71. The smallest absolute Gasteiger partial charge is 0.253 e. The highest BCUT2D eigenvalue weighted by Crippen LogP contribution is 2.16. The van der Waals surface area contributed by atoms with Crippen LogP contribution in [0.3, 0.4) is 0 Å². The van der Waals surface area contributed by atoms with Gasteiger partial charge in [-0.3, -0.25) is 9.59 Å². The second kappa shape index (κ2) is 6.32. The number of hydrogen-bond donors (Lipinski definition) is 1. The molecule has 0 saturated heterocycles. The minimum atomic E-state index is -0.152. The highest BCUT2D eigenvalue weighted by atomic mass is 16.2. The van der Waals surface area contributed by atoms with Crippen LogP contribution < -0.4 is 5.56 Å². The lowest BCUT2D eigenvalue weighted by molar-refractivity contribution is 0.0784. The fourth-order valence-electron chi connectivity index (χ4n) is 2.87. The number of fused-ring (bicyclic) bond motifs is 1. The zero-order chi connectivity index (χ0) is 17.3. The van der Waals surface area contributed by atoms with Crippen molar-refractivity contribution >= 4 is 16.8 Å². The third-order valence-electron chi connectivity index (χ3n) is 4.18. The summed E-state index contributed by atoms with van der Waals surface area (Å²) in [6.07, 6.45) is 0. The monoisotopic (exact) mass is 320 g/mol. The van der Waals surface area contributed by atoms with Gasteiger partial charge in [-0.1, -0.05) is 35.9 Å². The summed E-state index contributed by atoms with van der Waals surface area (Å²) in [5.41, 5.74) is 3.97. The van der Waals surface area contributed by atoms with E-state index in [0.717, 1.165) is 22.0 Å². The molecule has 1 heterocycles. The lowest BCUT2D eigenvalue weighted by atomic mass is 10.1. The normalized spacial score (nSPS) is 10.8. The Kier molecular flexibility index (Phi) is 4.21. The highest BCUT2D eigenvalue weighted by molar-refractivity contribution is 5.94. The number of aromatic nitrogens is 1. The largest absolute Gasteiger partial charge is 0.337 e. The molecule has 1 amide bonds.